The van der Waals surface area contributed by atoms with Crippen molar-refractivity contribution in [2.45, 2.75) is 64.6 Å². The maximum atomic E-state index is 12.8. The summed E-state index contributed by atoms with van der Waals surface area (Å²) in [7, 11) is 0. The van der Waals surface area contributed by atoms with Crippen LogP contribution in [0.4, 0.5) is 0 Å². The summed E-state index contributed by atoms with van der Waals surface area (Å²) in [5, 5.41) is 29.0. The normalized spacial score (nSPS) is 12.9. The molecule has 3 atom stereocenters. The molecule has 0 radical (unpaired) electrons. The molecule has 16 heteroatoms. The summed E-state index contributed by atoms with van der Waals surface area (Å²) in [5.41, 5.74) is 5.15. The van der Waals surface area contributed by atoms with Crippen molar-refractivity contribution in [3.63, 3.8) is 0 Å². The van der Waals surface area contributed by atoms with Crippen molar-refractivity contribution in [3.8, 4) is 0 Å². The highest BCUT2D eigenvalue weighted by molar-refractivity contribution is 5.96. The minimum absolute atomic E-state index is 0.0766. The molecule has 0 bridgehead atoms. The van der Waals surface area contributed by atoms with E-state index < -0.39 is 91.3 Å². The summed E-state index contributed by atoms with van der Waals surface area (Å²) in [6, 6.07) is -4.17. The van der Waals surface area contributed by atoms with E-state index in [-0.39, 0.29) is 18.9 Å². The topological polar surface area (TPSA) is 263 Å². The number of carbonyl (C=O) groups excluding carboxylic acids is 6. The fraction of sp³-hybridized carbons (Fsp3) is 0.619. The number of primary amides is 1. The summed E-state index contributed by atoms with van der Waals surface area (Å²) in [4.78, 5) is 93.7. The summed E-state index contributed by atoms with van der Waals surface area (Å²) >= 11 is 0. The molecule has 208 valence electrons. The van der Waals surface area contributed by atoms with Gasteiger partial charge in [-0.15, -0.1) is 0 Å². The van der Waals surface area contributed by atoms with Gasteiger partial charge in [-0.05, 0) is 18.8 Å². The zero-order valence-corrected chi connectivity index (χ0v) is 20.8. The van der Waals surface area contributed by atoms with Crippen molar-refractivity contribution in [3.05, 3.63) is 0 Å². The third-order valence-corrected chi connectivity index (χ3v) is 4.60. The highest BCUT2D eigenvalue weighted by Gasteiger charge is 2.29. The summed E-state index contributed by atoms with van der Waals surface area (Å²) in [6.45, 7) is 3.61. The predicted octanol–water partition coefficient (Wildman–Crippen LogP) is -3.44. The molecule has 0 aliphatic carbocycles. The van der Waals surface area contributed by atoms with Crippen molar-refractivity contribution in [1.29, 1.82) is 0 Å². The zero-order valence-electron chi connectivity index (χ0n) is 20.8. The van der Waals surface area contributed by atoms with Crippen LogP contribution in [0.25, 0.3) is 0 Å². The molecule has 0 aromatic rings. The second kappa shape index (κ2) is 16.4. The highest BCUT2D eigenvalue weighted by atomic mass is 16.4. The fourth-order valence-electron chi connectivity index (χ4n) is 2.90. The maximum absolute atomic E-state index is 12.8. The van der Waals surface area contributed by atoms with Gasteiger partial charge in [0.1, 0.15) is 18.1 Å². The van der Waals surface area contributed by atoms with Crippen molar-refractivity contribution < 1.29 is 48.6 Å². The van der Waals surface area contributed by atoms with Crippen LogP contribution < -0.4 is 32.3 Å². The highest BCUT2D eigenvalue weighted by Crippen LogP contribution is 2.06. The van der Waals surface area contributed by atoms with Crippen LogP contribution in [0.2, 0.25) is 0 Å². The van der Waals surface area contributed by atoms with Gasteiger partial charge in [0.2, 0.25) is 35.4 Å². The van der Waals surface area contributed by atoms with Crippen molar-refractivity contribution in [1.82, 2.24) is 26.6 Å². The van der Waals surface area contributed by atoms with E-state index in [1.165, 1.54) is 6.92 Å². The van der Waals surface area contributed by atoms with Crippen molar-refractivity contribution in [2.75, 3.05) is 13.1 Å². The van der Waals surface area contributed by atoms with Crippen LogP contribution in [0.1, 0.15) is 46.5 Å². The van der Waals surface area contributed by atoms with E-state index in [0.29, 0.717) is 0 Å². The number of amides is 6. The van der Waals surface area contributed by atoms with Gasteiger partial charge in [-0.2, -0.15) is 0 Å². The fourth-order valence-corrected chi connectivity index (χ4v) is 2.90. The molecule has 0 aliphatic rings. The average Bonchev–Trinajstić information content (AvgIpc) is 2.76. The smallest absolute Gasteiger partial charge is 0.326 e. The number of nitrogens with one attached hydrogen (secondary N) is 5. The van der Waals surface area contributed by atoms with E-state index in [0.717, 1.165) is 0 Å². The summed E-state index contributed by atoms with van der Waals surface area (Å²) in [6.07, 6.45) is -1.41. The monoisotopic (exact) mass is 530 g/mol. The molecule has 0 saturated heterocycles. The first kappa shape index (κ1) is 32.8. The quantitative estimate of drug-likeness (QED) is 0.0922. The molecular weight excluding hydrogens is 496 g/mol. The number of aliphatic carboxylic acids is 2. The summed E-state index contributed by atoms with van der Waals surface area (Å²) in [5.74, 6) is -7.68. The lowest BCUT2D eigenvalue weighted by atomic mass is 10.0. The Labute approximate surface area is 212 Å². The largest absolute Gasteiger partial charge is 0.481 e. The second-order valence-electron chi connectivity index (χ2n) is 8.50. The Hall–Kier alpha value is -4.24. The van der Waals surface area contributed by atoms with E-state index in [1.54, 1.807) is 13.8 Å². The third kappa shape index (κ3) is 15.4. The minimum atomic E-state index is -1.53. The Morgan fingerprint density at radius 1 is 0.757 bits per heavy atom. The van der Waals surface area contributed by atoms with Gasteiger partial charge in [0.05, 0.1) is 19.5 Å². The Balaban J connectivity index is 5.24. The Morgan fingerprint density at radius 2 is 1.30 bits per heavy atom. The van der Waals surface area contributed by atoms with Gasteiger partial charge in [-0.1, -0.05) is 13.8 Å². The minimum Gasteiger partial charge on any atom is -0.481 e. The molecule has 0 saturated carbocycles. The lowest BCUT2D eigenvalue weighted by Gasteiger charge is -2.24. The van der Waals surface area contributed by atoms with Crippen molar-refractivity contribution in [2.24, 2.45) is 11.7 Å². The number of nitrogens with two attached hydrogens (primary N) is 1. The van der Waals surface area contributed by atoms with Gasteiger partial charge < -0.3 is 42.5 Å². The van der Waals surface area contributed by atoms with Crippen LogP contribution in [0, 0.1) is 5.92 Å². The van der Waals surface area contributed by atoms with Crippen LogP contribution >= 0.6 is 0 Å². The van der Waals surface area contributed by atoms with Crippen LogP contribution in [-0.4, -0.2) is 88.8 Å². The zero-order chi connectivity index (χ0) is 28.7. The Morgan fingerprint density at radius 3 is 1.76 bits per heavy atom. The maximum Gasteiger partial charge on any atom is 0.326 e. The summed E-state index contributed by atoms with van der Waals surface area (Å²) < 4.78 is 0. The first-order valence-electron chi connectivity index (χ1n) is 11.3. The van der Waals surface area contributed by atoms with Crippen LogP contribution in [0.5, 0.6) is 0 Å². The molecule has 0 aromatic carbocycles. The van der Waals surface area contributed by atoms with E-state index >= 15 is 0 Å². The van der Waals surface area contributed by atoms with Crippen LogP contribution in [0.15, 0.2) is 0 Å². The number of hydrogen-bond donors (Lipinski definition) is 8. The van der Waals surface area contributed by atoms with Crippen LogP contribution in [-0.2, 0) is 38.4 Å². The number of carboxylic acid groups (broad SMARTS) is 2. The predicted molar refractivity (Wildman–Crippen MR) is 125 cm³/mol. The van der Waals surface area contributed by atoms with Gasteiger partial charge >= 0.3 is 11.9 Å². The second-order valence-corrected chi connectivity index (χ2v) is 8.50. The molecular formula is C21H34N6O10. The SMILES string of the molecule is CC(=O)NCC(=O)N[C@@H](CC(C)C)C(=O)N[C@@H](CC(N)=O)C(=O)NCC(=O)N[C@@H](CCC(=O)O)C(=O)O. The molecule has 6 amide bonds. The number of carboxylic acids is 2. The molecule has 16 nitrogen and oxygen atoms in total. The lowest BCUT2D eigenvalue weighted by Crippen LogP contribution is -2.56. The number of carbonyl (C=O) groups is 8. The Bertz CT molecular complexity index is 891. The number of hydrogen-bond acceptors (Lipinski definition) is 8. The van der Waals surface area contributed by atoms with Gasteiger partial charge in [-0.25, -0.2) is 4.79 Å². The molecule has 0 spiro atoms. The average molecular weight is 531 g/mol. The molecule has 0 rings (SSSR count). The molecule has 37 heavy (non-hydrogen) atoms. The molecule has 0 fully saturated rings. The van der Waals surface area contributed by atoms with Gasteiger partial charge in [0, 0.05) is 13.3 Å². The van der Waals surface area contributed by atoms with E-state index in [1.807, 2.05) is 0 Å². The Kier molecular flexibility index (Phi) is 14.6. The van der Waals surface area contributed by atoms with E-state index in [9.17, 15) is 38.4 Å². The molecule has 0 aliphatic heterocycles. The van der Waals surface area contributed by atoms with Crippen molar-refractivity contribution >= 4 is 47.4 Å². The van der Waals surface area contributed by atoms with E-state index in [4.69, 9.17) is 15.9 Å². The first-order valence-corrected chi connectivity index (χ1v) is 11.3. The van der Waals surface area contributed by atoms with Crippen LogP contribution in [0.3, 0.4) is 0 Å². The standard InChI is InChI=1S/C21H34N6O10/c1-10(2)6-13(26-16(30)8-23-11(3)28)20(35)27-14(7-15(22)29)19(34)24-9-17(31)25-12(21(36)37)4-5-18(32)33/h10,12-14H,4-9H2,1-3H3,(H2,22,29)(H,23,28)(H,24,34)(H,25,31)(H,26,30)(H,27,35)(H,32,33)(H,36,37)/t12-,13-,14-/m0/s1. The third-order valence-electron chi connectivity index (χ3n) is 4.60. The van der Waals surface area contributed by atoms with Gasteiger partial charge in [-0.3, -0.25) is 33.6 Å². The van der Waals surface area contributed by atoms with Gasteiger partial charge in [0.25, 0.3) is 0 Å². The molecule has 0 heterocycles. The van der Waals surface area contributed by atoms with E-state index in [2.05, 4.69) is 26.6 Å². The lowest BCUT2D eigenvalue weighted by molar-refractivity contribution is -0.143. The molecule has 0 unspecified atom stereocenters. The van der Waals surface area contributed by atoms with Gasteiger partial charge in [0.15, 0.2) is 0 Å². The number of rotatable bonds is 17. The molecule has 9 N–H and O–H groups in total. The first-order chi connectivity index (χ1) is 17.1. The molecule has 0 aromatic heterocycles.